The Bertz CT molecular complexity index is 1120. The second-order valence-corrected chi connectivity index (χ2v) is 7.40. The molecular weight excluding hydrogens is 435 g/mol. The van der Waals surface area contributed by atoms with Crippen molar-refractivity contribution in [3.63, 3.8) is 0 Å². The Morgan fingerprint density at radius 2 is 1.79 bits per heavy atom. The lowest BCUT2D eigenvalue weighted by Crippen LogP contribution is -2.49. The maximum Gasteiger partial charge on any atom is 0.416 e. The molecule has 1 saturated heterocycles. The summed E-state index contributed by atoms with van der Waals surface area (Å²) >= 11 is 0. The van der Waals surface area contributed by atoms with E-state index in [1.807, 2.05) is 4.90 Å². The predicted molar refractivity (Wildman–Crippen MR) is 117 cm³/mol. The third-order valence-corrected chi connectivity index (χ3v) is 5.22. The summed E-state index contributed by atoms with van der Waals surface area (Å²) in [6.07, 6.45) is -3.22. The van der Waals surface area contributed by atoms with Crippen molar-refractivity contribution in [2.24, 2.45) is 0 Å². The fraction of sp³-hybridized carbons (Fsp3) is 0.304. The van der Waals surface area contributed by atoms with Gasteiger partial charge in [0.1, 0.15) is 11.5 Å². The van der Waals surface area contributed by atoms with Crippen LogP contribution in [0.5, 0.6) is 0 Å². The Balaban J connectivity index is 1.69. The topological polar surface area (TPSA) is 71.5 Å². The predicted octanol–water partition coefficient (Wildman–Crippen LogP) is 4.50. The van der Waals surface area contributed by atoms with E-state index in [1.54, 1.807) is 48.4 Å². The number of anilines is 1. The van der Waals surface area contributed by atoms with Gasteiger partial charge in [0.15, 0.2) is 5.82 Å². The van der Waals surface area contributed by atoms with Crippen LogP contribution in [0.4, 0.5) is 23.8 Å². The fourth-order valence-corrected chi connectivity index (χ4v) is 3.54. The first-order valence-corrected chi connectivity index (χ1v) is 10.5. The molecule has 1 aliphatic heterocycles. The Labute approximate surface area is 188 Å². The molecule has 0 saturated carbocycles. The maximum absolute atomic E-state index is 13.3. The number of ether oxygens (including phenoxy) is 1. The highest BCUT2D eigenvalue weighted by molar-refractivity contribution is 5.69. The highest BCUT2D eigenvalue weighted by atomic mass is 19.4. The molecule has 1 amide bonds. The summed E-state index contributed by atoms with van der Waals surface area (Å²) < 4.78 is 44.8. The standard InChI is InChI=1S/C23H22F3N5O2/c1-2-33-22(32)31-12-10-30(11-13-31)20-15-19(16-6-5-7-17(14-16)23(24,25)26)28-21(29-20)18-8-3-4-9-27-18/h3-9,14-15H,2,10-13H2,1H3. The average molecular weight is 457 g/mol. The number of hydrogen-bond donors (Lipinski definition) is 0. The van der Waals surface area contributed by atoms with E-state index in [2.05, 4.69) is 15.0 Å². The largest absolute Gasteiger partial charge is 0.450 e. The number of benzene rings is 1. The Kier molecular flexibility index (Phi) is 6.43. The molecule has 33 heavy (non-hydrogen) atoms. The summed E-state index contributed by atoms with van der Waals surface area (Å²) in [5, 5.41) is 0. The zero-order valence-electron chi connectivity index (χ0n) is 17.9. The number of nitrogens with zero attached hydrogens (tertiary/aromatic N) is 5. The highest BCUT2D eigenvalue weighted by Crippen LogP contribution is 2.33. The molecule has 172 valence electrons. The lowest BCUT2D eigenvalue weighted by Gasteiger charge is -2.34. The average Bonchev–Trinajstić information content (AvgIpc) is 2.84. The second-order valence-electron chi connectivity index (χ2n) is 7.40. The van der Waals surface area contributed by atoms with Crippen LogP contribution in [0.1, 0.15) is 12.5 Å². The van der Waals surface area contributed by atoms with Gasteiger partial charge in [0.05, 0.1) is 17.9 Å². The van der Waals surface area contributed by atoms with E-state index in [9.17, 15) is 18.0 Å². The third kappa shape index (κ3) is 5.21. The molecule has 7 nitrogen and oxygen atoms in total. The molecule has 1 aliphatic rings. The monoisotopic (exact) mass is 457 g/mol. The van der Waals surface area contributed by atoms with Gasteiger partial charge in [0, 0.05) is 44.0 Å². The van der Waals surface area contributed by atoms with Gasteiger partial charge in [-0.25, -0.2) is 14.8 Å². The van der Waals surface area contributed by atoms with Crippen LogP contribution in [-0.4, -0.2) is 58.7 Å². The van der Waals surface area contributed by atoms with E-state index >= 15 is 0 Å². The van der Waals surface area contributed by atoms with Crippen LogP contribution in [0.3, 0.4) is 0 Å². The van der Waals surface area contributed by atoms with Crippen LogP contribution >= 0.6 is 0 Å². The molecule has 0 radical (unpaired) electrons. The van der Waals surface area contributed by atoms with E-state index < -0.39 is 11.7 Å². The molecule has 3 heterocycles. The number of rotatable bonds is 4. The number of piperazine rings is 1. The number of aromatic nitrogens is 3. The molecule has 4 rings (SSSR count). The zero-order valence-corrected chi connectivity index (χ0v) is 17.9. The molecule has 3 aromatic rings. The van der Waals surface area contributed by atoms with Gasteiger partial charge in [-0.15, -0.1) is 0 Å². The van der Waals surface area contributed by atoms with Gasteiger partial charge in [-0.3, -0.25) is 4.98 Å². The van der Waals surface area contributed by atoms with Gasteiger partial charge in [0.25, 0.3) is 0 Å². The maximum atomic E-state index is 13.3. The van der Waals surface area contributed by atoms with E-state index in [-0.39, 0.29) is 6.09 Å². The minimum Gasteiger partial charge on any atom is -0.450 e. The Hall–Kier alpha value is -3.69. The summed E-state index contributed by atoms with van der Waals surface area (Å²) in [7, 11) is 0. The molecule has 2 aromatic heterocycles. The summed E-state index contributed by atoms with van der Waals surface area (Å²) in [6, 6.07) is 12.0. The van der Waals surface area contributed by atoms with Crippen LogP contribution < -0.4 is 4.90 Å². The number of halogens is 3. The molecule has 0 N–H and O–H groups in total. The summed E-state index contributed by atoms with van der Waals surface area (Å²) in [4.78, 5) is 29.0. The first-order valence-electron chi connectivity index (χ1n) is 10.5. The molecule has 0 atom stereocenters. The number of carbonyl (C=O) groups excluding carboxylic acids is 1. The Morgan fingerprint density at radius 1 is 1.00 bits per heavy atom. The van der Waals surface area contributed by atoms with E-state index in [4.69, 9.17) is 4.74 Å². The van der Waals surface area contributed by atoms with Gasteiger partial charge in [-0.2, -0.15) is 13.2 Å². The normalized spacial score (nSPS) is 14.3. The van der Waals surface area contributed by atoms with Crippen molar-refractivity contribution in [2.75, 3.05) is 37.7 Å². The molecule has 1 fully saturated rings. The van der Waals surface area contributed by atoms with Gasteiger partial charge < -0.3 is 14.5 Å². The molecule has 0 unspecified atom stereocenters. The van der Waals surface area contributed by atoms with E-state index in [1.165, 1.54) is 6.07 Å². The molecular formula is C23H22F3N5O2. The Morgan fingerprint density at radius 3 is 2.45 bits per heavy atom. The van der Waals surface area contributed by atoms with Crippen LogP contribution in [0.15, 0.2) is 54.7 Å². The van der Waals surface area contributed by atoms with Crippen LogP contribution in [0, 0.1) is 0 Å². The lowest BCUT2D eigenvalue weighted by atomic mass is 10.1. The van der Waals surface area contributed by atoms with E-state index in [0.717, 1.165) is 12.1 Å². The van der Waals surface area contributed by atoms with Crippen molar-refractivity contribution in [1.29, 1.82) is 0 Å². The van der Waals surface area contributed by atoms with Crippen molar-refractivity contribution >= 4 is 11.9 Å². The van der Waals surface area contributed by atoms with Crippen molar-refractivity contribution in [3.05, 3.63) is 60.3 Å². The number of pyridine rings is 1. The minimum absolute atomic E-state index is 0.304. The van der Waals surface area contributed by atoms with E-state index in [0.29, 0.717) is 61.4 Å². The number of amides is 1. The molecule has 0 spiro atoms. The van der Waals surface area contributed by atoms with Crippen molar-refractivity contribution < 1.29 is 22.7 Å². The second kappa shape index (κ2) is 9.43. The van der Waals surface area contributed by atoms with Gasteiger partial charge >= 0.3 is 12.3 Å². The molecule has 0 aliphatic carbocycles. The van der Waals surface area contributed by atoms with Crippen molar-refractivity contribution in [1.82, 2.24) is 19.9 Å². The zero-order chi connectivity index (χ0) is 23.4. The number of hydrogen-bond acceptors (Lipinski definition) is 6. The van der Waals surface area contributed by atoms with Crippen molar-refractivity contribution in [2.45, 2.75) is 13.1 Å². The fourth-order valence-electron chi connectivity index (χ4n) is 3.54. The third-order valence-electron chi connectivity index (χ3n) is 5.22. The minimum atomic E-state index is -4.46. The van der Waals surface area contributed by atoms with Crippen LogP contribution in [0.2, 0.25) is 0 Å². The lowest BCUT2D eigenvalue weighted by molar-refractivity contribution is -0.137. The first kappa shape index (κ1) is 22.5. The smallest absolute Gasteiger partial charge is 0.416 e. The van der Waals surface area contributed by atoms with Crippen LogP contribution in [0.25, 0.3) is 22.8 Å². The molecule has 10 heteroatoms. The highest BCUT2D eigenvalue weighted by Gasteiger charge is 2.31. The quantitative estimate of drug-likeness (QED) is 0.575. The van der Waals surface area contributed by atoms with Crippen molar-refractivity contribution in [3.8, 4) is 22.8 Å². The SMILES string of the molecule is CCOC(=O)N1CCN(c2cc(-c3cccc(C(F)(F)F)c3)nc(-c3ccccn3)n2)CC1. The van der Waals surface area contributed by atoms with Gasteiger partial charge in [-0.05, 0) is 31.2 Å². The molecule has 0 bridgehead atoms. The number of alkyl halides is 3. The number of carbonyl (C=O) groups is 1. The van der Waals surface area contributed by atoms with Gasteiger partial charge in [0.2, 0.25) is 0 Å². The summed E-state index contributed by atoms with van der Waals surface area (Å²) in [5.41, 5.74) is 0.454. The summed E-state index contributed by atoms with van der Waals surface area (Å²) in [6.45, 7) is 3.95. The van der Waals surface area contributed by atoms with Crippen LogP contribution in [-0.2, 0) is 10.9 Å². The summed E-state index contributed by atoms with van der Waals surface area (Å²) in [5.74, 6) is 0.870. The molecule has 1 aromatic carbocycles. The first-order chi connectivity index (χ1) is 15.8. The van der Waals surface area contributed by atoms with Gasteiger partial charge in [-0.1, -0.05) is 18.2 Å².